The van der Waals surface area contributed by atoms with Gasteiger partial charge in [-0.05, 0) is 54.9 Å². The summed E-state index contributed by atoms with van der Waals surface area (Å²) in [7, 11) is 0. The molecule has 3 rings (SSSR count). The number of hydrogen-bond donors (Lipinski definition) is 1. The molecule has 3 nitrogen and oxygen atoms in total. The zero-order valence-electron chi connectivity index (χ0n) is 11.4. The molecular weight excluding hydrogens is 309 g/mol. The van der Waals surface area contributed by atoms with Crippen LogP contribution in [-0.2, 0) is 13.0 Å². The third-order valence-electron chi connectivity index (χ3n) is 3.49. The predicted octanol–water partition coefficient (Wildman–Crippen LogP) is 4.44. The number of aryl methyl sites for hydroxylation is 3. The van der Waals surface area contributed by atoms with Gasteiger partial charge in [0.25, 0.3) is 0 Å². The van der Waals surface area contributed by atoms with E-state index in [1.807, 2.05) is 17.6 Å². The monoisotopic (exact) mass is 321 g/mol. The Kier molecular flexibility index (Phi) is 3.78. The van der Waals surface area contributed by atoms with E-state index in [-0.39, 0.29) is 5.82 Å². The summed E-state index contributed by atoms with van der Waals surface area (Å²) in [6.45, 7) is 2.59. The number of pyridine rings is 1. The summed E-state index contributed by atoms with van der Waals surface area (Å²) in [5.74, 6) is -0.212. The number of halogens is 2. The molecule has 0 spiro atoms. The van der Waals surface area contributed by atoms with Gasteiger partial charge in [0.1, 0.15) is 5.82 Å². The Bertz CT molecular complexity index is 869. The molecule has 6 heteroatoms. The first-order valence-corrected chi connectivity index (χ1v) is 7.32. The van der Waals surface area contributed by atoms with Crippen LogP contribution in [-0.4, -0.2) is 14.5 Å². The van der Waals surface area contributed by atoms with Gasteiger partial charge < -0.3 is 9.55 Å². The van der Waals surface area contributed by atoms with Crippen LogP contribution in [0.5, 0.6) is 0 Å². The third-order valence-corrected chi connectivity index (χ3v) is 4.01. The molecule has 0 aliphatic rings. The van der Waals surface area contributed by atoms with Gasteiger partial charge in [-0.15, -0.1) is 0 Å². The maximum absolute atomic E-state index is 13.1. The SMILES string of the molecule is Cc1cc(F)ccc1CCn1c(=S)[nH]c2cc(Cl)cnc21. The molecule has 108 valence electrons. The lowest BCUT2D eigenvalue weighted by atomic mass is 10.1. The molecule has 0 amide bonds. The van der Waals surface area contributed by atoms with Crippen molar-refractivity contribution in [3.8, 4) is 0 Å². The van der Waals surface area contributed by atoms with Crippen molar-refractivity contribution in [3.05, 3.63) is 57.2 Å². The van der Waals surface area contributed by atoms with Crippen LogP contribution in [0.3, 0.4) is 0 Å². The molecule has 0 aliphatic carbocycles. The lowest BCUT2D eigenvalue weighted by Crippen LogP contribution is -2.03. The molecule has 0 radical (unpaired) electrons. The number of aromatic amines is 1. The fourth-order valence-electron chi connectivity index (χ4n) is 2.40. The lowest BCUT2D eigenvalue weighted by Gasteiger charge is -2.07. The maximum Gasteiger partial charge on any atom is 0.179 e. The van der Waals surface area contributed by atoms with E-state index >= 15 is 0 Å². The molecule has 0 fully saturated rings. The molecule has 21 heavy (non-hydrogen) atoms. The molecule has 2 heterocycles. The topological polar surface area (TPSA) is 33.6 Å². The number of aromatic nitrogens is 3. The van der Waals surface area contributed by atoms with Gasteiger partial charge in [0.2, 0.25) is 0 Å². The van der Waals surface area contributed by atoms with E-state index in [2.05, 4.69) is 9.97 Å². The van der Waals surface area contributed by atoms with Crippen LogP contribution < -0.4 is 0 Å². The van der Waals surface area contributed by atoms with Gasteiger partial charge in [-0.2, -0.15) is 0 Å². The number of fused-ring (bicyclic) bond motifs is 1. The molecule has 2 aromatic heterocycles. The zero-order chi connectivity index (χ0) is 15.0. The van der Waals surface area contributed by atoms with Crippen molar-refractivity contribution in [1.29, 1.82) is 0 Å². The normalized spacial score (nSPS) is 11.2. The maximum atomic E-state index is 13.1. The molecule has 3 aromatic rings. The van der Waals surface area contributed by atoms with E-state index in [4.69, 9.17) is 23.8 Å². The van der Waals surface area contributed by atoms with E-state index in [9.17, 15) is 4.39 Å². The van der Waals surface area contributed by atoms with Crippen molar-refractivity contribution in [1.82, 2.24) is 14.5 Å². The molecule has 0 aliphatic heterocycles. The fraction of sp³-hybridized carbons (Fsp3) is 0.200. The second kappa shape index (κ2) is 5.58. The molecular formula is C15H13ClFN3S. The summed E-state index contributed by atoms with van der Waals surface area (Å²) >= 11 is 11.3. The smallest absolute Gasteiger partial charge is 0.179 e. The number of benzene rings is 1. The van der Waals surface area contributed by atoms with Crippen LogP contribution in [0.15, 0.2) is 30.5 Å². The Balaban J connectivity index is 1.91. The Morgan fingerprint density at radius 1 is 1.38 bits per heavy atom. The van der Waals surface area contributed by atoms with E-state index in [0.717, 1.165) is 28.7 Å². The molecule has 1 aromatic carbocycles. The number of imidazole rings is 1. The summed E-state index contributed by atoms with van der Waals surface area (Å²) in [6.07, 6.45) is 2.36. The Morgan fingerprint density at radius 2 is 2.19 bits per heavy atom. The van der Waals surface area contributed by atoms with Crippen molar-refractivity contribution in [3.63, 3.8) is 0 Å². The van der Waals surface area contributed by atoms with Gasteiger partial charge in [-0.1, -0.05) is 17.7 Å². The number of nitrogens with zero attached hydrogens (tertiary/aromatic N) is 2. The van der Waals surface area contributed by atoms with E-state index in [1.54, 1.807) is 18.3 Å². The van der Waals surface area contributed by atoms with Gasteiger partial charge in [0.15, 0.2) is 10.4 Å². The van der Waals surface area contributed by atoms with Crippen molar-refractivity contribution in [2.45, 2.75) is 19.9 Å². The summed E-state index contributed by atoms with van der Waals surface area (Å²) < 4.78 is 15.7. The molecule has 0 saturated carbocycles. The number of hydrogen-bond acceptors (Lipinski definition) is 2. The van der Waals surface area contributed by atoms with Gasteiger partial charge in [-0.3, -0.25) is 0 Å². The first-order chi connectivity index (χ1) is 10.0. The fourth-order valence-corrected chi connectivity index (χ4v) is 2.84. The number of rotatable bonds is 3. The van der Waals surface area contributed by atoms with Crippen molar-refractivity contribution < 1.29 is 4.39 Å². The Labute approximate surface area is 131 Å². The van der Waals surface area contributed by atoms with Crippen LogP contribution in [0.2, 0.25) is 5.02 Å². The van der Waals surface area contributed by atoms with Crippen LogP contribution in [0.1, 0.15) is 11.1 Å². The number of nitrogens with one attached hydrogen (secondary N) is 1. The standard InChI is InChI=1S/C15H13ClFN3S/c1-9-6-12(17)3-2-10(9)4-5-20-14-13(19-15(20)21)7-11(16)8-18-14/h2-3,6-8H,4-5H2,1H3,(H,19,21). The summed E-state index contributed by atoms with van der Waals surface area (Å²) in [4.78, 5) is 7.42. The van der Waals surface area contributed by atoms with E-state index in [1.165, 1.54) is 6.07 Å². The Hall–Kier alpha value is -1.72. The molecule has 0 saturated heterocycles. The minimum atomic E-state index is -0.212. The minimum absolute atomic E-state index is 0.212. The second-order valence-corrected chi connectivity index (χ2v) is 5.75. The molecule has 0 unspecified atom stereocenters. The second-order valence-electron chi connectivity index (χ2n) is 4.93. The molecule has 1 N–H and O–H groups in total. The van der Waals surface area contributed by atoms with Crippen molar-refractivity contribution in [2.75, 3.05) is 0 Å². The Morgan fingerprint density at radius 3 is 2.95 bits per heavy atom. The van der Waals surface area contributed by atoms with E-state index < -0.39 is 0 Å². The zero-order valence-corrected chi connectivity index (χ0v) is 12.9. The highest BCUT2D eigenvalue weighted by molar-refractivity contribution is 7.71. The van der Waals surface area contributed by atoms with Gasteiger partial charge in [-0.25, -0.2) is 9.37 Å². The highest BCUT2D eigenvalue weighted by Crippen LogP contribution is 2.18. The minimum Gasteiger partial charge on any atom is -0.329 e. The highest BCUT2D eigenvalue weighted by Gasteiger charge is 2.07. The van der Waals surface area contributed by atoms with Crippen LogP contribution in [0.4, 0.5) is 4.39 Å². The quantitative estimate of drug-likeness (QED) is 0.724. The first-order valence-electron chi connectivity index (χ1n) is 6.53. The average molecular weight is 322 g/mol. The largest absolute Gasteiger partial charge is 0.329 e. The lowest BCUT2D eigenvalue weighted by molar-refractivity contribution is 0.624. The van der Waals surface area contributed by atoms with Gasteiger partial charge in [0, 0.05) is 12.7 Å². The van der Waals surface area contributed by atoms with E-state index in [0.29, 0.717) is 16.3 Å². The summed E-state index contributed by atoms with van der Waals surface area (Å²) in [5, 5.41) is 0.570. The van der Waals surface area contributed by atoms with Crippen molar-refractivity contribution in [2.24, 2.45) is 0 Å². The summed E-state index contributed by atoms with van der Waals surface area (Å²) in [5.41, 5.74) is 3.64. The van der Waals surface area contributed by atoms with Crippen molar-refractivity contribution >= 4 is 35.0 Å². The first kappa shape index (κ1) is 14.2. The number of H-pyrrole nitrogens is 1. The van der Waals surface area contributed by atoms with Gasteiger partial charge >= 0.3 is 0 Å². The van der Waals surface area contributed by atoms with Crippen LogP contribution in [0.25, 0.3) is 11.2 Å². The highest BCUT2D eigenvalue weighted by atomic mass is 35.5. The predicted molar refractivity (Wildman–Crippen MR) is 84.8 cm³/mol. The van der Waals surface area contributed by atoms with Gasteiger partial charge in [0.05, 0.1) is 10.5 Å². The molecule has 0 bridgehead atoms. The third kappa shape index (κ3) is 2.84. The average Bonchev–Trinajstić information content (AvgIpc) is 2.72. The summed E-state index contributed by atoms with van der Waals surface area (Å²) in [6, 6.07) is 6.64. The van der Waals surface area contributed by atoms with Crippen LogP contribution in [0, 0.1) is 17.5 Å². The van der Waals surface area contributed by atoms with Crippen LogP contribution >= 0.6 is 23.8 Å². The molecule has 0 atom stereocenters.